The lowest BCUT2D eigenvalue weighted by molar-refractivity contribution is 0.0945. The normalized spacial score (nSPS) is 10.8. The van der Waals surface area contributed by atoms with E-state index < -0.39 is 5.91 Å². The van der Waals surface area contributed by atoms with Crippen LogP contribution >= 0.6 is 23.2 Å². The maximum Gasteiger partial charge on any atom is 0.289 e. The second-order valence-corrected chi connectivity index (χ2v) is 7.83. The highest BCUT2D eigenvalue weighted by atomic mass is 35.5. The topological polar surface area (TPSA) is 96.0 Å². The second-order valence-electron chi connectivity index (χ2n) is 7.00. The monoisotopic (exact) mass is 474 g/mol. The Bertz CT molecular complexity index is 1340. The number of amides is 1. The van der Waals surface area contributed by atoms with Crippen LogP contribution in [0.2, 0.25) is 10.2 Å². The summed E-state index contributed by atoms with van der Waals surface area (Å²) >= 11 is 11.9. The fourth-order valence-corrected chi connectivity index (χ4v) is 3.26. The highest BCUT2D eigenvalue weighted by Gasteiger charge is 2.17. The van der Waals surface area contributed by atoms with Crippen LogP contribution in [0.5, 0.6) is 0 Å². The smallest absolute Gasteiger partial charge is 0.266 e. The van der Waals surface area contributed by atoms with Crippen molar-refractivity contribution in [3.05, 3.63) is 105 Å². The molecule has 7 nitrogen and oxygen atoms in total. The highest BCUT2D eigenvalue weighted by Crippen LogP contribution is 2.22. The van der Waals surface area contributed by atoms with Gasteiger partial charge in [-0.3, -0.25) is 9.48 Å². The zero-order valence-electron chi connectivity index (χ0n) is 17.1. The van der Waals surface area contributed by atoms with Crippen molar-refractivity contribution < 1.29 is 4.79 Å². The van der Waals surface area contributed by atoms with Crippen LogP contribution in [0.25, 0.3) is 11.3 Å². The lowest BCUT2D eigenvalue weighted by atomic mass is 10.1. The van der Waals surface area contributed by atoms with Crippen LogP contribution in [-0.2, 0) is 6.54 Å². The van der Waals surface area contributed by atoms with Gasteiger partial charge in [-0.05, 0) is 47.5 Å². The summed E-state index contributed by atoms with van der Waals surface area (Å²) in [6.45, 7) is 0.319. The van der Waals surface area contributed by atoms with Crippen molar-refractivity contribution in [3.8, 4) is 17.3 Å². The number of pyridine rings is 1. The van der Waals surface area contributed by atoms with Crippen LogP contribution in [0.1, 0.15) is 27.2 Å². The molecular weight excluding hydrogens is 459 g/mol. The molecule has 33 heavy (non-hydrogen) atoms. The largest absolute Gasteiger partial charge is 0.289 e. The first kappa shape index (κ1) is 22.2. The number of nitrogens with zero attached hydrogens (tertiary/aromatic N) is 5. The lowest BCUT2D eigenvalue weighted by Crippen LogP contribution is -2.22. The Hall–Kier alpha value is -3.99. The first-order valence-electron chi connectivity index (χ1n) is 9.79. The van der Waals surface area contributed by atoms with Gasteiger partial charge in [-0.25, -0.2) is 10.4 Å². The number of halogens is 2. The molecule has 9 heteroatoms. The van der Waals surface area contributed by atoms with Crippen LogP contribution in [0.15, 0.2) is 78.0 Å². The first-order chi connectivity index (χ1) is 16.0. The maximum absolute atomic E-state index is 12.9. The number of benzene rings is 2. The number of carbonyl (C=O) groups is 1. The lowest BCUT2D eigenvalue weighted by Gasteiger charge is -2.06. The molecule has 0 spiro atoms. The first-order valence-corrected chi connectivity index (χ1v) is 10.6. The van der Waals surface area contributed by atoms with Crippen LogP contribution in [-0.4, -0.2) is 26.9 Å². The van der Waals surface area contributed by atoms with Gasteiger partial charge in [0, 0.05) is 16.8 Å². The molecule has 2 heterocycles. The van der Waals surface area contributed by atoms with Crippen molar-refractivity contribution in [2.75, 3.05) is 0 Å². The summed E-state index contributed by atoms with van der Waals surface area (Å²) in [5, 5.41) is 18.5. The molecule has 0 aliphatic rings. The molecule has 1 amide bonds. The van der Waals surface area contributed by atoms with Gasteiger partial charge in [0.15, 0.2) is 0 Å². The minimum absolute atomic E-state index is 0.319. The predicted octanol–water partition coefficient (Wildman–Crippen LogP) is 4.94. The van der Waals surface area contributed by atoms with E-state index in [9.17, 15) is 4.79 Å². The van der Waals surface area contributed by atoms with E-state index in [4.69, 9.17) is 28.5 Å². The Morgan fingerprint density at radius 2 is 1.85 bits per heavy atom. The van der Waals surface area contributed by atoms with Gasteiger partial charge in [0.25, 0.3) is 5.91 Å². The van der Waals surface area contributed by atoms with E-state index >= 15 is 0 Å². The summed E-state index contributed by atoms with van der Waals surface area (Å²) in [4.78, 5) is 17.0. The fraction of sp³-hybridized carbons (Fsp3) is 0.0417. The molecule has 1 N–H and O–H groups in total. The SMILES string of the molecule is N#Cc1ccc(/C=N/NC(=O)c2cc(-c3ccc(Cl)cc3)nn2Cc2ccc(Cl)nc2)cc1. The van der Waals surface area contributed by atoms with Crippen LogP contribution < -0.4 is 5.43 Å². The minimum Gasteiger partial charge on any atom is -0.266 e. The van der Waals surface area contributed by atoms with Crippen molar-refractivity contribution in [2.24, 2.45) is 5.10 Å². The zero-order chi connectivity index (χ0) is 23.2. The van der Waals surface area contributed by atoms with Crippen LogP contribution in [0, 0.1) is 11.3 Å². The molecular formula is C24H16Cl2N6O. The van der Waals surface area contributed by atoms with Crippen molar-refractivity contribution in [3.63, 3.8) is 0 Å². The average Bonchev–Trinajstić information content (AvgIpc) is 3.25. The van der Waals surface area contributed by atoms with E-state index in [1.165, 1.54) is 6.21 Å². The number of hydrogen-bond acceptors (Lipinski definition) is 5. The third kappa shape index (κ3) is 5.63. The predicted molar refractivity (Wildman–Crippen MR) is 127 cm³/mol. The van der Waals surface area contributed by atoms with E-state index in [1.54, 1.807) is 59.4 Å². The summed E-state index contributed by atoms with van der Waals surface area (Å²) in [6.07, 6.45) is 3.14. The van der Waals surface area contributed by atoms with Crippen molar-refractivity contribution in [2.45, 2.75) is 6.54 Å². The van der Waals surface area contributed by atoms with Crippen LogP contribution in [0.4, 0.5) is 0 Å². The van der Waals surface area contributed by atoms with E-state index in [0.717, 1.165) is 16.7 Å². The molecule has 0 bridgehead atoms. The number of hydrazone groups is 1. The highest BCUT2D eigenvalue weighted by molar-refractivity contribution is 6.30. The van der Waals surface area contributed by atoms with Gasteiger partial charge in [0.1, 0.15) is 10.8 Å². The molecule has 0 aliphatic heterocycles. The summed E-state index contributed by atoms with van der Waals surface area (Å²) in [5.41, 5.74) is 6.43. The molecule has 162 valence electrons. The summed E-state index contributed by atoms with van der Waals surface area (Å²) in [7, 11) is 0. The Balaban J connectivity index is 1.59. The third-order valence-electron chi connectivity index (χ3n) is 4.69. The molecule has 4 aromatic rings. The molecule has 0 saturated carbocycles. The van der Waals surface area contributed by atoms with Gasteiger partial charge in [-0.15, -0.1) is 0 Å². The van der Waals surface area contributed by atoms with Crippen molar-refractivity contribution in [1.29, 1.82) is 5.26 Å². The molecule has 0 fully saturated rings. The average molecular weight is 475 g/mol. The van der Waals surface area contributed by atoms with Gasteiger partial charge in [0.05, 0.1) is 30.1 Å². The van der Waals surface area contributed by atoms with Gasteiger partial charge in [0.2, 0.25) is 0 Å². The Morgan fingerprint density at radius 1 is 1.09 bits per heavy atom. The second kappa shape index (κ2) is 10.1. The van der Waals surface area contributed by atoms with E-state index in [-0.39, 0.29) is 0 Å². The van der Waals surface area contributed by atoms with Gasteiger partial charge in [-0.1, -0.05) is 53.5 Å². The van der Waals surface area contributed by atoms with Gasteiger partial charge >= 0.3 is 0 Å². The van der Waals surface area contributed by atoms with Gasteiger partial charge in [-0.2, -0.15) is 15.5 Å². The molecule has 4 rings (SSSR count). The molecule has 0 aliphatic carbocycles. The fourth-order valence-electron chi connectivity index (χ4n) is 3.02. The molecule has 0 radical (unpaired) electrons. The number of nitriles is 1. The maximum atomic E-state index is 12.9. The Kier molecular flexibility index (Phi) is 6.79. The molecule has 0 atom stereocenters. The van der Waals surface area contributed by atoms with Crippen LogP contribution in [0.3, 0.4) is 0 Å². The summed E-state index contributed by atoms with van der Waals surface area (Å²) in [6, 6.07) is 21.3. The van der Waals surface area contributed by atoms with E-state index in [1.807, 2.05) is 18.2 Å². The zero-order valence-corrected chi connectivity index (χ0v) is 18.6. The number of rotatable bonds is 6. The number of nitrogens with one attached hydrogen (secondary N) is 1. The third-order valence-corrected chi connectivity index (χ3v) is 5.17. The standard InChI is InChI=1S/C24H16Cl2N6O/c25-20-8-6-19(7-9-20)21-11-22(32(31-21)15-18-5-10-23(26)28-13-18)24(33)30-29-14-17-3-1-16(12-27)2-4-17/h1-11,13-14H,15H2,(H,30,33)/b29-14+. The van der Waals surface area contributed by atoms with E-state index in [2.05, 4.69) is 26.7 Å². The summed E-state index contributed by atoms with van der Waals surface area (Å²) < 4.78 is 1.58. The van der Waals surface area contributed by atoms with Crippen molar-refractivity contribution in [1.82, 2.24) is 20.2 Å². The van der Waals surface area contributed by atoms with Gasteiger partial charge < -0.3 is 0 Å². The molecule has 0 unspecified atom stereocenters. The quantitative estimate of drug-likeness (QED) is 0.243. The number of hydrogen-bond donors (Lipinski definition) is 1. The molecule has 2 aromatic carbocycles. The molecule has 0 saturated heterocycles. The number of carbonyl (C=O) groups excluding carboxylic acids is 1. The Labute approximate surface area is 199 Å². The van der Waals surface area contributed by atoms with Crippen molar-refractivity contribution >= 4 is 35.3 Å². The summed E-state index contributed by atoms with van der Waals surface area (Å²) in [5.74, 6) is -0.422. The Morgan fingerprint density at radius 3 is 2.52 bits per heavy atom. The van der Waals surface area contributed by atoms with E-state index in [0.29, 0.717) is 33.7 Å². The minimum atomic E-state index is -0.422. The molecule has 2 aromatic heterocycles. The number of aromatic nitrogens is 3.